The van der Waals surface area contributed by atoms with Crippen LogP contribution in [0.3, 0.4) is 0 Å². The van der Waals surface area contributed by atoms with Crippen molar-refractivity contribution in [3.8, 4) is 0 Å². The zero-order valence-corrected chi connectivity index (χ0v) is 11.6. The molecule has 0 saturated heterocycles. The first-order valence-electron chi connectivity index (χ1n) is 6.62. The highest BCUT2D eigenvalue weighted by Gasteiger charge is 2.35. The molecule has 0 spiro atoms. The van der Waals surface area contributed by atoms with Crippen LogP contribution in [0.15, 0.2) is 24.3 Å². The van der Waals surface area contributed by atoms with Crippen LogP contribution in [0, 0.1) is 0 Å². The quantitative estimate of drug-likeness (QED) is 0.848. The lowest BCUT2D eigenvalue weighted by Gasteiger charge is -2.31. The molecule has 0 bridgehead atoms. The molecule has 2 rings (SSSR count). The molecule has 1 fully saturated rings. The molecule has 0 aromatic heterocycles. The Bertz CT molecular complexity index is 367. The molecule has 1 N–H and O–H groups in total. The van der Waals surface area contributed by atoms with Crippen molar-refractivity contribution >= 4 is 11.6 Å². The van der Waals surface area contributed by atoms with Gasteiger partial charge in [-0.15, -0.1) is 0 Å². The Labute approximate surface area is 110 Å². The lowest BCUT2D eigenvalue weighted by molar-refractivity contribution is 0.387. The molecule has 94 valence electrons. The van der Waals surface area contributed by atoms with Crippen molar-refractivity contribution in [2.45, 2.75) is 51.0 Å². The minimum Gasteiger partial charge on any atom is -0.314 e. The van der Waals surface area contributed by atoms with Crippen molar-refractivity contribution in [1.29, 1.82) is 0 Å². The number of rotatable bonds is 4. The first-order valence-corrected chi connectivity index (χ1v) is 7.00. The first kappa shape index (κ1) is 12.9. The molecule has 1 aromatic carbocycles. The van der Waals surface area contributed by atoms with Gasteiger partial charge in [-0.2, -0.15) is 0 Å². The molecule has 1 nitrogen and oxygen atoms in total. The summed E-state index contributed by atoms with van der Waals surface area (Å²) in [5.74, 6) is 0. The highest BCUT2D eigenvalue weighted by atomic mass is 35.5. The maximum Gasteiger partial charge on any atom is 0.0408 e. The number of halogens is 1. The fraction of sp³-hybridized carbons (Fsp3) is 0.600. The van der Waals surface area contributed by atoms with Crippen LogP contribution in [-0.4, -0.2) is 12.6 Å². The van der Waals surface area contributed by atoms with Gasteiger partial charge in [0.15, 0.2) is 0 Å². The van der Waals surface area contributed by atoms with Crippen LogP contribution in [0.25, 0.3) is 0 Å². The van der Waals surface area contributed by atoms with Crippen LogP contribution in [0.4, 0.5) is 0 Å². The van der Waals surface area contributed by atoms with Crippen molar-refractivity contribution < 1.29 is 0 Å². The van der Waals surface area contributed by atoms with Crippen molar-refractivity contribution in [3.05, 3.63) is 34.9 Å². The van der Waals surface area contributed by atoms with Gasteiger partial charge < -0.3 is 5.32 Å². The predicted molar refractivity (Wildman–Crippen MR) is 74.7 cm³/mol. The summed E-state index contributed by atoms with van der Waals surface area (Å²) >= 11 is 6.13. The van der Waals surface area contributed by atoms with E-state index in [0.717, 1.165) is 11.6 Å². The third-order valence-electron chi connectivity index (χ3n) is 3.85. The van der Waals surface area contributed by atoms with Gasteiger partial charge in [-0.05, 0) is 30.5 Å². The molecule has 0 unspecified atom stereocenters. The van der Waals surface area contributed by atoms with Gasteiger partial charge in [-0.3, -0.25) is 0 Å². The smallest absolute Gasteiger partial charge is 0.0408 e. The summed E-state index contributed by atoms with van der Waals surface area (Å²) in [7, 11) is 0. The minimum atomic E-state index is 0.315. The number of hydrogen-bond donors (Lipinski definition) is 1. The van der Waals surface area contributed by atoms with Gasteiger partial charge in [0.2, 0.25) is 0 Å². The van der Waals surface area contributed by atoms with Crippen LogP contribution >= 0.6 is 11.6 Å². The first-order chi connectivity index (χ1) is 8.12. The van der Waals surface area contributed by atoms with E-state index in [2.05, 4.69) is 37.4 Å². The number of nitrogens with one attached hydrogen (secondary N) is 1. The molecule has 17 heavy (non-hydrogen) atoms. The average molecular weight is 252 g/mol. The van der Waals surface area contributed by atoms with Gasteiger partial charge in [0.05, 0.1) is 0 Å². The fourth-order valence-corrected chi connectivity index (χ4v) is 3.03. The summed E-state index contributed by atoms with van der Waals surface area (Å²) in [5, 5.41) is 4.46. The second-order valence-electron chi connectivity index (χ2n) is 5.53. The van der Waals surface area contributed by atoms with E-state index in [1.807, 2.05) is 6.07 Å². The van der Waals surface area contributed by atoms with Gasteiger partial charge in [-0.25, -0.2) is 0 Å². The zero-order chi connectivity index (χ0) is 12.3. The number of hydrogen-bond acceptors (Lipinski definition) is 1. The molecule has 0 aliphatic heterocycles. The summed E-state index contributed by atoms with van der Waals surface area (Å²) in [6.45, 7) is 5.49. The van der Waals surface area contributed by atoms with Crippen molar-refractivity contribution in [3.63, 3.8) is 0 Å². The largest absolute Gasteiger partial charge is 0.314 e. The van der Waals surface area contributed by atoms with E-state index in [1.165, 1.54) is 31.2 Å². The standard InChI is InChI=1S/C15H22ClN/c1-12(2)17-11-15(8-3-4-9-15)13-6-5-7-14(16)10-13/h5-7,10,12,17H,3-4,8-9,11H2,1-2H3. The molecule has 1 aromatic rings. The van der Waals surface area contributed by atoms with E-state index in [1.54, 1.807) is 0 Å². The molecule has 0 amide bonds. The van der Waals surface area contributed by atoms with Crippen molar-refractivity contribution in [2.75, 3.05) is 6.54 Å². The van der Waals surface area contributed by atoms with Crippen molar-refractivity contribution in [2.24, 2.45) is 0 Å². The normalized spacial score (nSPS) is 18.8. The van der Waals surface area contributed by atoms with Crippen molar-refractivity contribution in [1.82, 2.24) is 5.32 Å². The van der Waals surface area contributed by atoms with E-state index in [4.69, 9.17) is 11.6 Å². The molecule has 1 saturated carbocycles. The van der Waals surface area contributed by atoms with Crippen LogP contribution in [-0.2, 0) is 5.41 Å². The lowest BCUT2D eigenvalue weighted by atomic mass is 9.78. The summed E-state index contributed by atoms with van der Waals surface area (Å²) in [6, 6.07) is 8.97. The molecule has 0 heterocycles. The Morgan fingerprint density at radius 1 is 1.29 bits per heavy atom. The Kier molecular flexibility index (Phi) is 4.11. The van der Waals surface area contributed by atoms with Crippen LogP contribution in [0.5, 0.6) is 0 Å². The van der Waals surface area contributed by atoms with E-state index >= 15 is 0 Å². The molecule has 1 aliphatic rings. The van der Waals surface area contributed by atoms with Gasteiger partial charge >= 0.3 is 0 Å². The second-order valence-corrected chi connectivity index (χ2v) is 5.97. The topological polar surface area (TPSA) is 12.0 Å². The molecule has 0 atom stereocenters. The Balaban J connectivity index is 2.21. The van der Waals surface area contributed by atoms with E-state index in [9.17, 15) is 0 Å². The van der Waals surface area contributed by atoms with Gasteiger partial charge in [0.25, 0.3) is 0 Å². The third kappa shape index (κ3) is 3.02. The fourth-order valence-electron chi connectivity index (χ4n) is 2.84. The molecular formula is C15H22ClN. The maximum atomic E-state index is 6.13. The van der Waals surface area contributed by atoms with Gasteiger partial charge in [-0.1, -0.05) is 50.4 Å². The van der Waals surface area contributed by atoms with Gasteiger partial charge in [0.1, 0.15) is 0 Å². The van der Waals surface area contributed by atoms with Crippen LogP contribution in [0.2, 0.25) is 5.02 Å². The summed E-state index contributed by atoms with van der Waals surface area (Å²) in [5.41, 5.74) is 1.73. The highest BCUT2D eigenvalue weighted by molar-refractivity contribution is 6.30. The molecular weight excluding hydrogens is 230 g/mol. The maximum absolute atomic E-state index is 6.13. The monoisotopic (exact) mass is 251 g/mol. The highest BCUT2D eigenvalue weighted by Crippen LogP contribution is 2.41. The molecule has 0 radical (unpaired) electrons. The van der Waals surface area contributed by atoms with Crippen LogP contribution in [0.1, 0.15) is 45.1 Å². The molecule has 1 aliphatic carbocycles. The Hall–Kier alpha value is -0.530. The Morgan fingerprint density at radius 3 is 2.59 bits per heavy atom. The summed E-state index contributed by atoms with van der Waals surface area (Å²) in [4.78, 5) is 0. The molecule has 2 heteroatoms. The Morgan fingerprint density at radius 2 is 2.00 bits per heavy atom. The number of benzene rings is 1. The minimum absolute atomic E-state index is 0.315. The van der Waals surface area contributed by atoms with E-state index < -0.39 is 0 Å². The van der Waals surface area contributed by atoms with Gasteiger partial charge in [0, 0.05) is 23.0 Å². The third-order valence-corrected chi connectivity index (χ3v) is 4.08. The zero-order valence-electron chi connectivity index (χ0n) is 10.8. The van der Waals surface area contributed by atoms with E-state index in [-0.39, 0.29) is 0 Å². The predicted octanol–water partition coefficient (Wildman–Crippen LogP) is 4.15. The summed E-state index contributed by atoms with van der Waals surface area (Å²) in [6.07, 6.45) is 5.25. The van der Waals surface area contributed by atoms with Crippen LogP contribution < -0.4 is 5.32 Å². The lowest BCUT2D eigenvalue weighted by Crippen LogP contribution is -2.39. The second kappa shape index (κ2) is 5.41. The van der Waals surface area contributed by atoms with E-state index in [0.29, 0.717) is 11.5 Å². The average Bonchev–Trinajstić information content (AvgIpc) is 2.76. The summed E-state index contributed by atoms with van der Waals surface area (Å²) < 4.78 is 0. The SMILES string of the molecule is CC(C)NCC1(c2cccc(Cl)c2)CCCC1.